The van der Waals surface area contributed by atoms with Gasteiger partial charge in [0.1, 0.15) is 9.84 Å². The summed E-state index contributed by atoms with van der Waals surface area (Å²) in [4.78, 5) is 1.23. The summed E-state index contributed by atoms with van der Waals surface area (Å²) in [6, 6.07) is 8.53. The van der Waals surface area contributed by atoms with Crippen molar-refractivity contribution in [2.24, 2.45) is 0 Å². The number of hydrogen-bond acceptors (Lipinski definition) is 4. The summed E-state index contributed by atoms with van der Waals surface area (Å²) in [6.45, 7) is 3.11. The van der Waals surface area contributed by atoms with Crippen molar-refractivity contribution in [2.75, 3.05) is 24.3 Å². The van der Waals surface area contributed by atoms with Crippen LogP contribution in [0.5, 0.6) is 0 Å². The third-order valence-electron chi connectivity index (χ3n) is 3.03. The minimum Gasteiger partial charge on any atom is -0.313 e. The maximum absolute atomic E-state index is 11.2. The molecule has 0 saturated heterocycles. The number of hydrogen-bond donors (Lipinski definition) is 1. The van der Waals surface area contributed by atoms with Crippen LogP contribution >= 0.6 is 27.7 Å². The third-order valence-corrected chi connectivity index (χ3v) is 6.25. The molecule has 0 aliphatic rings. The van der Waals surface area contributed by atoms with Gasteiger partial charge in [-0.2, -0.15) is 0 Å². The molecule has 6 heteroatoms. The summed E-state index contributed by atoms with van der Waals surface area (Å²) in [5, 5.41) is 3.51. The highest BCUT2D eigenvalue weighted by atomic mass is 79.9. The Balaban J connectivity index is 2.47. The van der Waals surface area contributed by atoms with Crippen molar-refractivity contribution < 1.29 is 8.42 Å². The minimum atomic E-state index is -2.86. The van der Waals surface area contributed by atoms with Gasteiger partial charge in [0.15, 0.2) is 0 Å². The van der Waals surface area contributed by atoms with E-state index >= 15 is 0 Å². The molecule has 0 spiro atoms. The molecule has 1 unspecified atom stereocenters. The summed E-state index contributed by atoms with van der Waals surface area (Å²) in [6.07, 6.45) is 4.00. The van der Waals surface area contributed by atoms with Crippen molar-refractivity contribution in [1.29, 1.82) is 0 Å². The second kappa shape index (κ2) is 9.87. The molecule has 120 valence electrons. The van der Waals surface area contributed by atoms with Crippen LogP contribution in [0.4, 0.5) is 0 Å². The molecule has 0 saturated carbocycles. The van der Waals surface area contributed by atoms with Gasteiger partial charge in [-0.1, -0.05) is 19.1 Å². The summed E-state index contributed by atoms with van der Waals surface area (Å²) in [5.41, 5.74) is 0. The van der Waals surface area contributed by atoms with Crippen LogP contribution < -0.4 is 5.32 Å². The molecule has 1 aromatic rings. The van der Waals surface area contributed by atoms with Gasteiger partial charge in [0.05, 0.1) is 0 Å². The molecule has 1 rings (SSSR count). The van der Waals surface area contributed by atoms with Gasteiger partial charge in [-0.3, -0.25) is 0 Å². The smallest absolute Gasteiger partial charge is 0.147 e. The van der Waals surface area contributed by atoms with Crippen LogP contribution in [-0.2, 0) is 9.84 Å². The van der Waals surface area contributed by atoms with Gasteiger partial charge in [0, 0.05) is 33.2 Å². The van der Waals surface area contributed by atoms with Gasteiger partial charge in [-0.15, -0.1) is 11.8 Å². The molecule has 21 heavy (non-hydrogen) atoms. The highest BCUT2D eigenvalue weighted by Crippen LogP contribution is 2.27. The first kappa shape index (κ1) is 19.0. The van der Waals surface area contributed by atoms with E-state index in [-0.39, 0.29) is 5.75 Å². The molecule has 0 radical (unpaired) electrons. The molecule has 3 nitrogen and oxygen atoms in total. The van der Waals surface area contributed by atoms with E-state index in [9.17, 15) is 8.42 Å². The third kappa shape index (κ3) is 8.86. The molecule has 0 aromatic heterocycles. The zero-order chi connectivity index (χ0) is 15.7. The van der Waals surface area contributed by atoms with Crippen LogP contribution in [0.25, 0.3) is 0 Å². The highest BCUT2D eigenvalue weighted by molar-refractivity contribution is 9.10. The van der Waals surface area contributed by atoms with Crippen LogP contribution in [0.3, 0.4) is 0 Å². The number of nitrogens with one attached hydrogen (secondary N) is 1. The number of halogens is 1. The Morgan fingerprint density at radius 3 is 2.67 bits per heavy atom. The quantitative estimate of drug-likeness (QED) is 0.615. The van der Waals surface area contributed by atoms with E-state index in [4.69, 9.17) is 0 Å². The molecular formula is C15H24BrNO2S2. The standard InChI is InChI=1S/C15H24BrNO2S2/c1-3-10-17-13(7-6-11-21(2,18)19)12-20-15-9-5-4-8-14(15)16/h4-5,8-9,13,17H,3,6-7,10-12H2,1-2H3. The summed E-state index contributed by atoms with van der Waals surface area (Å²) in [7, 11) is -2.86. The van der Waals surface area contributed by atoms with Crippen molar-refractivity contribution in [3.63, 3.8) is 0 Å². The first-order chi connectivity index (χ1) is 9.92. The first-order valence-electron chi connectivity index (χ1n) is 7.21. The van der Waals surface area contributed by atoms with Gasteiger partial charge in [-0.25, -0.2) is 8.42 Å². The predicted molar refractivity (Wildman–Crippen MR) is 95.9 cm³/mol. The van der Waals surface area contributed by atoms with Crippen molar-refractivity contribution in [3.8, 4) is 0 Å². The van der Waals surface area contributed by atoms with E-state index in [1.54, 1.807) is 11.8 Å². The van der Waals surface area contributed by atoms with Crippen LogP contribution in [-0.4, -0.2) is 38.8 Å². The van der Waals surface area contributed by atoms with E-state index in [1.807, 2.05) is 18.2 Å². The van der Waals surface area contributed by atoms with Crippen LogP contribution in [0.2, 0.25) is 0 Å². The van der Waals surface area contributed by atoms with Gasteiger partial charge in [-0.05, 0) is 53.9 Å². The molecule has 1 atom stereocenters. The fraction of sp³-hybridized carbons (Fsp3) is 0.600. The normalized spacial score (nSPS) is 13.3. The summed E-state index contributed by atoms with van der Waals surface area (Å²) in [5.74, 6) is 1.23. The molecule has 0 aliphatic carbocycles. The number of thioether (sulfide) groups is 1. The molecule has 0 aliphatic heterocycles. The second-order valence-corrected chi connectivity index (χ2v) is 9.34. The largest absolute Gasteiger partial charge is 0.313 e. The van der Waals surface area contributed by atoms with Gasteiger partial charge < -0.3 is 5.32 Å². The van der Waals surface area contributed by atoms with Crippen molar-refractivity contribution in [1.82, 2.24) is 5.32 Å². The molecule has 1 N–H and O–H groups in total. The Bertz CT molecular complexity index is 520. The maximum atomic E-state index is 11.2. The molecule has 0 amide bonds. The Labute approximate surface area is 141 Å². The van der Waals surface area contributed by atoms with Gasteiger partial charge >= 0.3 is 0 Å². The van der Waals surface area contributed by atoms with Gasteiger partial charge in [0.25, 0.3) is 0 Å². The minimum absolute atomic E-state index is 0.275. The Hall–Kier alpha value is -0.0400. The fourth-order valence-electron chi connectivity index (χ4n) is 1.94. The molecule has 0 fully saturated rings. The van der Waals surface area contributed by atoms with E-state index in [1.165, 1.54) is 11.2 Å². The lowest BCUT2D eigenvalue weighted by atomic mass is 10.2. The number of benzene rings is 1. The lowest BCUT2D eigenvalue weighted by Crippen LogP contribution is -2.32. The highest BCUT2D eigenvalue weighted by Gasteiger charge is 2.11. The monoisotopic (exact) mass is 393 g/mol. The number of sulfone groups is 1. The Morgan fingerprint density at radius 2 is 2.05 bits per heavy atom. The maximum Gasteiger partial charge on any atom is 0.147 e. The first-order valence-corrected chi connectivity index (χ1v) is 11.0. The molecule has 0 heterocycles. The second-order valence-electron chi connectivity index (χ2n) is 5.16. The average molecular weight is 394 g/mol. The van der Waals surface area contributed by atoms with E-state index < -0.39 is 9.84 Å². The Kier molecular flexibility index (Phi) is 8.94. The lowest BCUT2D eigenvalue weighted by Gasteiger charge is -2.18. The van der Waals surface area contributed by atoms with E-state index in [0.29, 0.717) is 6.04 Å². The average Bonchev–Trinajstić information content (AvgIpc) is 2.41. The predicted octanol–water partition coefficient (Wildman–Crippen LogP) is 3.73. The van der Waals surface area contributed by atoms with Crippen molar-refractivity contribution in [2.45, 2.75) is 37.1 Å². The van der Waals surface area contributed by atoms with Crippen molar-refractivity contribution >= 4 is 37.5 Å². The molecule has 0 bridgehead atoms. The van der Waals surface area contributed by atoms with Crippen LogP contribution in [0.15, 0.2) is 33.6 Å². The van der Waals surface area contributed by atoms with E-state index in [2.05, 4.69) is 34.2 Å². The number of rotatable bonds is 10. The Morgan fingerprint density at radius 1 is 1.33 bits per heavy atom. The molecular weight excluding hydrogens is 370 g/mol. The molecule has 1 aromatic carbocycles. The van der Waals surface area contributed by atoms with Crippen LogP contribution in [0.1, 0.15) is 26.2 Å². The topological polar surface area (TPSA) is 46.2 Å². The zero-order valence-corrected chi connectivity index (χ0v) is 15.9. The van der Waals surface area contributed by atoms with Gasteiger partial charge in [0.2, 0.25) is 0 Å². The fourth-order valence-corrected chi connectivity index (χ4v) is 4.30. The summed E-state index contributed by atoms with van der Waals surface area (Å²) >= 11 is 5.36. The lowest BCUT2D eigenvalue weighted by molar-refractivity contribution is 0.512. The van der Waals surface area contributed by atoms with Crippen molar-refractivity contribution in [3.05, 3.63) is 28.7 Å². The SMILES string of the molecule is CCCNC(CCCS(C)(=O)=O)CSc1ccccc1Br. The van der Waals surface area contributed by atoms with E-state index in [0.717, 1.165) is 36.0 Å². The zero-order valence-electron chi connectivity index (χ0n) is 12.6. The summed E-state index contributed by atoms with van der Waals surface area (Å²) < 4.78 is 23.5. The van der Waals surface area contributed by atoms with Crippen LogP contribution in [0, 0.1) is 0 Å².